The van der Waals surface area contributed by atoms with Crippen molar-refractivity contribution in [2.75, 3.05) is 19.1 Å². The molecule has 0 fully saturated rings. The minimum absolute atomic E-state index is 0.138. The number of aromatic amines is 1. The molecule has 0 aliphatic heterocycles. The number of nitrogen functional groups attached to an aromatic ring is 1. The van der Waals surface area contributed by atoms with Crippen LogP contribution < -0.4 is 11.3 Å². The molecule has 0 spiro atoms. The molecule has 0 aliphatic carbocycles. The highest BCUT2D eigenvalue weighted by Crippen LogP contribution is 2.34. The van der Waals surface area contributed by atoms with Crippen LogP contribution in [0.15, 0.2) is 29.2 Å². The van der Waals surface area contributed by atoms with E-state index in [0.29, 0.717) is 34.1 Å². The van der Waals surface area contributed by atoms with E-state index < -0.39 is 16.8 Å². The molecule has 8 nitrogen and oxygen atoms in total. The fraction of sp³-hybridized carbons (Fsp3) is 0.211. The van der Waals surface area contributed by atoms with Gasteiger partial charge in [-0.05, 0) is 23.8 Å². The second-order valence-corrected chi connectivity index (χ2v) is 7.83. The second kappa shape index (κ2) is 7.43. The van der Waals surface area contributed by atoms with Gasteiger partial charge in [-0.25, -0.2) is 4.79 Å². The molecule has 0 radical (unpaired) electrons. The van der Waals surface area contributed by atoms with E-state index >= 15 is 0 Å². The summed E-state index contributed by atoms with van der Waals surface area (Å²) in [5.74, 6) is -0.437. The zero-order chi connectivity index (χ0) is 20.6. The Hall–Kier alpha value is -3.20. The number of H-pyrrole nitrogens is 1. The molecule has 146 valence electrons. The Kier molecular flexibility index (Phi) is 5.19. The Morgan fingerprint density at radius 2 is 2.04 bits per heavy atom. The first kappa shape index (κ1) is 19.6. The number of nitrogens with zero attached hydrogens (tertiary/aromatic N) is 1. The molecule has 0 bridgehead atoms. The molecule has 3 rings (SSSR count). The first-order valence-corrected chi connectivity index (χ1v) is 9.98. The van der Waals surface area contributed by atoms with Gasteiger partial charge in [0.1, 0.15) is 5.52 Å². The van der Waals surface area contributed by atoms with Gasteiger partial charge in [-0.2, -0.15) is 0 Å². The third kappa shape index (κ3) is 3.36. The fourth-order valence-electron chi connectivity index (χ4n) is 3.17. The van der Waals surface area contributed by atoms with E-state index in [2.05, 4.69) is 4.98 Å². The lowest BCUT2D eigenvalue weighted by atomic mass is 9.96. The van der Waals surface area contributed by atoms with Gasteiger partial charge in [-0.1, -0.05) is 0 Å². The third-order valence-corrected chi connectivity index (χ3v) is 5.16. The number of nitrogens with two attached hydrogens (primary N) is 1. The van der Waals surface area contributed by atoms with E-state index in [1.54, 1.807) is 25.4 Å². The van der Waals surface area contributed by atoms with Crippen molar-refractivity contribution in [1.82, 2.24) is 9.55 Å². The molecule has 1 aromatic carbocycles. The van der Waals surface area contributed by atoms with Crippen molar-refractivity contribution in [3.05, 3.63) is 51.6 Å². The maximum absolute atomic E-state index is 12.4. The van der Waals surface area contributed by atoms with Crippen LogP contribution in [0.25, 0.3) is 22.0 Å². The number of aryl methyl sites for hydroxylation is 1. The van der Waals surface area contributed by atoms with Crippen LogP contribution in [0.3, 0.4) is 0 Å². The first-order chi connectivity index (χ1) is 13.3. The van der Waals surface area contributed by atoms with Crippen molar-refractivity contribution < 1.29 is 18.5 Å². The van der Waals surface area contributed by atoms with Crippen molar-refractivity contribution >= 4 is 39.6 Å². The summed E-state index contributed by atoms with van der Waals surface area (Å²) in [6.07, 6.45) is 3.77. The molecule has 2 heterocycles. The SMILES string of the molecule is COC(=O)c1cc(N)c(-c2cn(C)c(=O)c3[nH]c(C=O)cc23)cc1CS(C)=O. The number of pyridine rings is 1. The van der Waals surface area contributed by atoms with Crippen LogP contribution >= 0.6 is 0 Å². The van der Waals surface area contributed by atoms with Gasteiger partial charge in [0, 0.05) is 58.3 Å². The first-order valence-electron chi connectivity index (χ1n) is 8.25. The van der Waals surface area contributed by atoms with Gasteiger partial charge >= 0.3 is 5.97 Å². The van der Waals surface area contributed by atoms with Crippen LogP contribution in [0.2, 0.25) is 0 Å². The Morgan fingerprint density at radius 1 is 1.32 bits per heavy atom. The largest absolute Gasteiger partial charge is 0.465 e. The van der Waals surface area contributed by atoms with Crippen molar-refractivity contribution in [1.29, 1.82) is 0 Å². The quantitative estimate of drug-likeness (QED) is 0.380. The van der Waals surface area contributed by atoms with Crippen molar-refractivity contribution in [3.63, 3.8) is 0 Å². The standard InChI is InChI=1S/C19H19N3O5S/c1-22-7-15(14-5-11(8-23)21-17(14)18(22)24)13-4-10(9-28(3)26)12(6-16(13)20)19(25)27-2/h4-8,21H,9,20H2,1-3H3. The number of fused-ring (bicyclic) bond motifs is 1. The molecule has 2 aromatic heterocycles. The Bertz CT molecular complexity index is 1190. The summed E-state index contributed by atoms with van der Waals surface area (Å²) in [6.45, 7) is 0. The number of aldehydes is 1. The van der Waals surface area contributed by atoms with Crippen LogP contribution in [0.4, 0.5) is 5.69 Å². The monoisotopic (exact) mass is 401 g/mol. The van der Waals surface area contributed by atoms with E-state index in [9.17, 15) is 18.6 Å². The number of benzene rings is 1. The highest BCUT2D eigenvalue weighted by molar-refractivity contribution is 7.83. The highest BCUT2D eigenvalue weighted by Gasteiger charge is 2.20. The summed E-state index contributed by atoms with van der Waals surface area (Å²) in [4.78, 5) is 38.5. The lowest BCUT2D eigenvalue weighted by Gasteiger charge is -2.14. The number of anilines is 1. The van der Waals surface area contributed by atoms with Crippen molar-refractivity contribution in [2.45, 2.75) is 5.75 Å². The molecule has 0 saturated heterocycles. The average Bonchev–Trinajstić information content (AvgIpc) is 3.09. The second-order valence-electron chi connectivity index (χ2n) is 6.40. The molecule has 0 aliphatic rings. The van der Waals surface area contributed by atoms with Gasteiger partial charge in [-0.15, -0.1) is 0 Å². The van der Waals surface area contributed by atoms with E-state index in [1.165, 1.54) is 24.0 Å². The van der Waals surface area contributed by atoms with Gasteiger partial charge in [0.25, 0.3) is 5.56 Å². The third-order valence-electron chi connectivity index (χ3n) is 4.44. The number of hydrogen-bond acceptors (Lipinski definition) is 6. The molecular formula is C19H19N3O5S. The summed E-state index contributed by atoms with van der Waals surface area (Å²) >= 11 is 0. The summed E-state index contributed by atoms with van der Waals surface area (Å²) in [5, 5.41) is 0.534. The van der Waals surface area contributed by atoms with Crippen LogP contribution in [-0.4, -0.2) is 39.4 Å². The zero-order valence-corrected chi connectivity index (χ0v) is 16.4. The van der Waals surface area contributed by atoms with E-state index in [4.69, 9.17) is 10.5 Å². The summed E-state index contributed by atoms with van der Waals surface area (Å²) in [5.41, 5.74) is 8.69. The van der Waals surface area contributed by atoms with Gasteiger partial charge in [0.15, 0.2) is 6.29 Å². The molecule has 1 unspecified atom stereocenters. The summed E-state index contributed by atoms with van der Waals surface area (Å²) in [7, 11) is 1.65. The molecule has 9 heteroatoms. The minimum Gasteiger partial charge on any atom is -0.465 e. The summed E-state index contributed by atoms with van der Waals surface area (Å²) < 4.78 is 18.0. The Morgan fingerprint density at radius 3 is 2.64 bits per heavy atom. The van der Waals surface area contributed by atoms with Gasteiger partial charge < -0.3 is 20.0 Å². The zero-order valence-electron chi connectivity index (χ0n) is 15.6. The molecule has 3 N–H and O–H groups in total. The lowest BCUT2D eigenvalue weighted by molar-refractivity contribution is 0.0600. The molecule has 28 heavy (non-hydrogen) atoms. The number of nitrogens with one attached hydrogen (secondary N) is 1. The number of carbonyl (C=O) groups excluding carboxylic acids is 2. The smallest absolute Gasteiger partial charge is 0.338 e. The maximum atomic E-state index is 12.4. The number of esters is 1. The van der Waals surface area contributed by atoms with E-state index in [0.717, 1.165) is 0 Å². The topological polar surface area (TPSA) is 124 Å². The van der Waals surface area contributed by atoms with Crippen LogP contribution in [0, 0.1) is 0 Å². The Balaban J connectivity index is 2.35. The Labute approximate surface area is 162 Å². The van der Waals surface area contributed by atoms with Gasteiger partial charge in [0.2, 0.25) is 0 Å². The van der Waals surface area contributed by atoms with Gasteiger partial charge in [0.05, 0.1) is 18.4 Å². The van der Waals surface area contributed by atoms with Crippen LogP contribution in [0.1, 0.15) is 26.4 Å². The number of hydrogen-bond donors (Lipinski definition) is 2. The van der Waals surface area contributed by atoms with Crippen molar-refractivity contribution in [2.24, 2.45) is 7.05 Å². The number of methoxy groups -OCH3 is 1. The predicted molar refractivity (Wildman–Crippen MR) is 108 cm³/mol. The molecule has 0 saturated carbocycles. The lowest BCUT2D eigenvalue weighted by Crippen LogP contribution is -2.17. The molecular weight excluding hydrogens is 382 g/mol. The average molecular weight is 401 g/mol. The van der Waals surface area contributed by atoms with E-state index in [-0.39, 0.29) is 28.1 Å². The molecule has 3 aromatic rings. The maximum Gasteiger partial charge on any atom is 0.338 e. The van der Waals surface area contributed by atoms with E-state index in [1.807, 2.05) is 0 Å². The number of aromatic nitrogens is 2. The number of rotatable bonds is 5. The fourth-order valence-corrected chi connectivity index (χ4v) is 3.84. The van der Waals surface area contributed by atoms with Gasteiger partial charge in [-0.3, -0.25) is 13.8 Å². The number of ether oxygens (including phenoxy) is 1. The van der Waals surface area contributed by atoms with Crippen molar-refractivity contribution in [3.8, 4) is 11.1 Å². The molecule has 1 atom stereocenters. The normalized spacial score (nSPS) is 12.1. The predicted octanol–water partition coefficient (Wildman–Crippen LogP) is 1.59. The molecule has 0 amide bonds. The highest BCUT2D eigenvalue weighted by atomic mass is 32.2. The number of carbonyl (C=O) groups is 2. The summed E-state index contributed by atoms with van der Waals surface area (Å²) in [6, 6.07) is 4.73. The van der Waals surface area contributed by atoms with Crippen LogP contribution in [-0.2, 0) is 28.3 Å². The van der Waals surface area contributed by atoms with Crippen LogP contribution in [0.5, 0.6) is 0 Å². The minimum atomic E-state index is -1.21.